The summed E-state index contributed by atoms with van der Waals surface area (Å²) >= 11 is 0. The van der Waals surface area contributed by atoms with E-state index in [-0.39, 0.29) is 6.23 Å². The van der Waals surface area contributed by atoms with Gasteiger partial charge in [0.25, 0.3) is 0 Å². The summed E-state index contributed by atoms with van der Waals surface area (Å²) in [7, 11) is 0. The van der Waals surface area contributed by atoms with E-state index in [4.69, 9.17) is 9.47 Å². The summed E-state index contributed by atoms with van der Waals surface area (Å²) in [4.78, 5) is 0. The molecule has 0 radical (unpaired) electrons. The smallest absolute Gasteiger partial charge is 0.105 e. The second-order valence-corrected chi connectivity index (χ2v) is 3.29. The van der Waals surface area contributed by atoms with Gasteiger partial charge in [-0.1, -0.05) is 0 Å². The van der Waals surface area contributed by atoms with Crippen molar-refractivity contribution in [1.29, 1.82) is 0 Å². The van der Waals surface area contributed by atoms with Crippen molar-refractivity contribution in [2.45, 2.75) is 32.7 Å². The van der Waals surface area contributed by atoms with E-state index in [0.717, 1.165) is 32.7 Å². The Morgan fingerprint density at radius 1 is 0.923 bits per heavy atom. The third kappa shape index (κ3) is 5.21. The minimum Gasteiger partial charge on any atom is -0.364 e. The molecule has 0 aromatic rings. The van der Waals surface area contributed by atoms with Gasteiger partial charge in [-0.25, -0.2) is 0 Å². The van der Waals surface area contributed by atoms with Crippen LogP contribution in [0.2, 0.25) is 0 Å². The highest BCUT2D eigenvalue weighted by molar-refractivity contribution is 4.55. The van der Waals surface area contributed by atoms with Gasteiger partial charge >= 0.3 is 0 Å². The van der Waals surface area contributed by atoms with Gasteiger partial charge in [0.2, 0.25) is 0 Å². The topological polar surface area (TPSA) is 42.5 Å². The summed E-state index contributed by atoms with van der Waals surface area (Å²) in [5.74, 6) is 0. The summed E-state index contributed by atoms with van der Waals surface area (Å²) in [6.07, 6.45) is 1.74. The van der Waals surface area contributed by atoms with Crippen molar-refractivity contribution in [3.63, 3.8) is 0 Å². The van der Waals surface area contributed by atoms with E-state index < -0.39 is 0 Å². The number of rotatable bonds is 0. The minimum atomic E-state index is 0.286. The Morgan fingerprint density at radius 2 is 1.54 bits per heavy atom. The van der Waals surface area contributed by atoms with Gasteiger partial charge < -0.3 is 9.47 Å². The molecule has 0 aromatic carbocycles. The molecule has 0 amide bonds. The lowest BCUT2D eigenvalue weighted by molar-refractivity contribution is 0.0139. The van der Waals surface area contributed by atoms with Crippen LogP contribution in [0.5, 0.6) is 0 Å². The number of hydrogen-bond donors (Lipinski definition) is 2. The fraction of sp³-hybridized carbons (Fsp3) is 1.00. The molecule has 78 valence electrons. The molecule has 0 saturated carbocycles. The van der Waals surface area contributed by atoms with Gasteiger partial charge in [0.05, 0.1) is 6.61 Å². The molecule has 0 spiro atoms. The summed E-state index contributed by atoms with van der Waals surface area (Å²) in [6, 6.07) is 0. The first-order valence-electron chi connectivity index (χ1n) is 4.99. The molecule has 2 heterocycles. The molecule has 2 aliphatic rings. The maximum Gasteiger partial charge on any atom is 0.105 e. The normalized spacial score (nSPS) is 33.7. The van der Waals surface area contributed by atoms with Crippen LogP contribution in [0.25, 0.3) is 0 Å². The molecule has 4 nitrogen and oxygen atoms in total. The second kappa shape index (κ2) is 6.32. The maximum atomic E-state index is 5.17. The van der Waals surface area contributed by atoms with E-state index in [9.17, 15) is 0 Å². The summed E-state index contributed by atoms with van der Waals surface area (Å²) in [6.45, 7) is 7.96. The highest BCUT2D eigenvalue weighted by Gasteiger charge is 2.05. The van der Waals surface area contributed by atoms with Crippen molar-refractivity contribution in [2.75, 3.05) is 26.3 Å². The van der Waals surface area contributed by atoms with Gasteiger partial charge in [-0.2, -0.15) is 0 Å². The Morgan fingerprint density at radius 3 is 1.77 bits per heavy atom. The van der Waals surface area contributed by atoms with Crippen molar-refractivity contribution in [1.82, 2.24) is 10.6 Å². The molecule has 2 N–H and O–H groups in total. The summed E-state index contributed by atoms with van der Waals surface area (Å²) in [5.41, 5.74) is 0. The van der Waals surface area contributed by atoms with Crippen LogP contribution < -0.4 is 10.6 Å². The van der Waals surface area contributed by atoms with E-state index >= 15 is 0 Å². The molecular weight excluding hydrogens is 168 g/mol. The SMILES string of the molecule is CC1NCCCO1.CC1NCCO1. The van der Waals surface area contributed by atoms with Crippen LogP contribution in [-0.4, -0.2) is 38.8 Å². The molecule has 0 aromatic heterocycles. The highest BCUT2D eigenvalue weighted by atomic mass is 16.5. The predicted molar refractivity (Wildman–Crippen MR) is 51.5 cm³/mol. The van der Waals surface area contributed by atoms with Crippen molar-refractivity contribution in [3.8, 4) is 0 Å². The van der Waals surface area contributed by atoms with Gasteiger partial charge in [0, 0.05) is 13.2 Å². The highest BCUT2D eigenvalue weighted by Crippen LogP contribution is 1.93. The Labute approximate surface area is 80.0 Å². The van der Waals surface area contributed by atoms with Gasteiger partial charge in [-0.15, -0.1) is 0 Å². The number of hydrogen-bond acceptors (Lipinski definition) is 4. The zero-order chi connectivity index (χ0) is 9.52. The molecule has 0 bridgehead atoms. The fourth-order valence-corrected chi connectivity index (χ4v) is 1.25. The molecule has 2 aliphatic heterocycles. The predicted octanol–water partition coefficient (Wildman–Crippen LogP) is 0.295. The van der Waals surface area contributed by atoms with E-state index in [1.54, 1.807) is 0 Å². The van der Waals surface area contributed by atoms with Gasteiger partial charge in [-0.05, 0) is 26.8 Å². The van der Waals surface area contributed by atoms with Crippen molar-refractivity contribution < 1.29 is 9.47 Å². The molecule has 13 heavy (non-hydrogen) atoms. The Kier molecular flexibility index (Phi) is 5.31. The third-order valence-corrected chi connectivity index (χ3v) is 2.02. The van der Waals surface area contributed by atoms with Crippen molar-refractivity contribution in [2.24, 2.45) is 0 Å². The maximum absolute atomic E-state index is 5.17. The third-order valence-electron chi connectivity index (χ3n) is 2.02. The van der Waals surface area contributed by atoms with Gasteiger partial charge in [-0.3, -0.25) is 10.6 Å². The lowest BCUT2D eigenvalue weighted by atomic mass is 10.4. The number of ether oxygens (including phenoxy) is 2. The Balaban J connectivity index is 0.000000132. The van der Waals surface area contributed by atoms with Crippen LogP contribution in [0.4, 0.5) is 0 Å². The average molecular weight is 188 g/mol. The first-order chi connectivity index (χ1) is 6.29. The molecule has 2 unspecified atom stereocenters. The van der Waals surface area contributed by atoms with Gasteiger partial charge in [0.1, 0.15) is 12.5 Å². The second-order valence-electron chi connectivity index (χ2n) is 3.29. The van der Waals surface area contributed by atoms with Crippen LogP contribution in [0.15, 0.2) is 0 Å². The zero-order valence-corrected chi connectivity index (χ0v) is 8.51. The van der Waals surface area contributed by atoms with E-state index in [1.807, 2.05) is 13.8 Å². The average Bonchev–Trinajstić information content (AvgIpc) is 2.58. The van der Waals surface area contributed by atoms with Crippen LogP contribution in [0.3, 0.4) is 0 Å². The standard InChI is InChI=1S/C5H11NO.C4H9NO/c1-5-6-3-2-4-7-5;1-4-5-2-3-6-4/h5-6H,2-4H2,1H3;4-5H,2-3H2,1H3. The van der Waals surface area contributed by atoms with E-state index in [1.165, 1.54) is 0 Å². The molecule has 2 saturated heterocycles. The minimum absolute atomic E-state index is 0.286. The first-order valence-corrected chi connectivity index (χ1v) is 4.99. The molecule has 0 aliphatic carbocycles. The number of nitrogens with one attached hydrogen (secondary N) is 2. The van der Waals surface area contributed by atoms with Crippen LogP contribution in [0, 0.1) is 0 Å². The lowest BCUT2D eigenvalue weighted by Crippen LogP contribution is -2.35. The monoisotopic (exact) mass is 188 g/mol. The van der Waals surface area contributed by atoms with Crippen molar-refractivity contribution in [3.05, 3.63) is 0 Å². The van der Waals surface area contributed by atoms with Crippen molar-refractivity contribution >= 4 is 0 Å². The zero-order valence-electron chi connectivity index (χ0n) is 8.51. The van der Waals surface area contributed by atoms with E-state index in [2.05, 4.69) is 10.6 Å². The quantitative estimate of drug-likeness (QED) is 0.573. The lowest BCUT2D eigenvalue weighted by Gasteiger charge is -2.19. The fourth-order valence-electron chi connectivity index (χ4n) is 1.25. The first kappa shape index (κ1) is 10.9. The summed E-state index contributed by atoms with van der Waals surface area (Å²) < 4.78 is 10.2. The Hall–Kier alpha value is -0.160. The van der Waals surface area contributed by atoms with Gasteiger partial charge in [0.15, 0.2) is 0 Å². The Bertz CT molecular complexity index is 121. The molecule has 2 rings (SSSR count). The molecule has 2 fully saturated rings. The molecule has 4 heteroatoms. The van der Waals surface area contributed by atoms with E-state index in [0.29, 0.717) is 6.23 Å². The molecular formula is C9H20N2O2. The van der Waals surface area contributed by atoms with Crippen LogP contribution in [-0.2, 0) is 9.47 Å². The molecule has 2 atom stereocenters. The van der Waals surface area contributed by atoms with Crippen LogP contribution >= 0.6 is 0 Å². The van der Waals surface area contributed by atoms with Crippen LogP contribution in [0.1, 0.15) is 20.3 Å². The summed E-state index contributed by atoms with van der Waals surface area (Å²) in [5, 5.41) is 6.26. The largest absolute Gasteiger partial charge is 0.364 e.